The van der Waals surface area contributed by atoms with Crippen molar-refractivity contribution in [3.63, 3.8) is 0 Å². The van der Waals surface area contributed by atoms with Gasteiger partial charge in [-0.1, -0.05) is 66.9 Å². The smallest absolute Gasteiger partial charge is 0.136 e. The normalized spacial score (nSPS) is 16.4. The fourth-order valence-corrected chi connectivity index (χ4v) is 3.02. The van der Waals surface area contributed by atoms with E-state index in [2.05, 4.69) is 29.2 Å². The van der Waals surface area contributed by atoms with E-state index in [1.807, 2.05) is 30.3 Å². The van der Waals surface area contributed by atoms with Crippen molar-refractivity contribution in [3.05, 3.63) is 65.2 Å². The van der Waals surface area contributed by atoms with E-state index in [1.165, 1.54) is 25.7 Å². The second kappa shape index (κ2) is 7.46. The Morgan fingerprint density at radius 1 is 0.818 bits per heavy atom. The van der Waals surface area contributed by atoms with Crippen LogP contribution in [0, 0.1) is 0 Å². The maximum absolute atomic E-state index is 6.30. The maximum Gasteiger partial charge on any atom is 0.136 e. The first-order chi connectivity index (χ1) is 10.8. The Morgan fingerprint density at radius 3 is 2.14 bits per heavy atom. The molecule has 0 N–H and O–H groups in total. The van der Waals surface area contributed by atoms with Crippen LogP contribution < -0.4 is 0 Å². The van der Waals surface area contributed by atoms with Gasteiger partial charge in [0.05, 0.1) is 10.7 Å². The summed E-state index contributed by atoms with van der Waals surface area (Å²) in [5, 5.41) is 0.700. The molecule has 0 saturated carbocycles. The largest absolute Gasteiger partial charge is 0.356 e. The number of benzene rings is 2. The van der Waals surface area contributed by atoms with Gasteiger partial charge in [-0.05, 0) is 25.0 Å². The van der Waals surface area contributed by atoms with Crippen LogP contribution in [-0.2, 0) is 0 Å². The van der Waals surface area contributed by atoms with Gasteiger partial charge in [0.1, 0.15) is 5.84 Å². The van der Waals surface area contributed by atoms with Crippen molar-refractivity contribution >= 4 is 23.1 Å². The number of hydrogen-bond acceptors (Lipinski definition) is 1. The molecule has 1 heterocycles. The van der Waals surface area contributed by atoms with Crippen LogP contribution in [0.3, 0.4) is 0 Å². The molecule has 0 amide bonds. The molecule has 3 rings (SSSR count). The molecule has 3 heteroatoms. The van der Waals surface area contributed by atoms with E-state index in [4.69, 9.17) is 16.6 Å². The van der Waals surface area contributed by atoms with Crippen LogP contribution in [-0.4, -0.2) is 23.8 Å². The van der Waals surface area contributed by atoms with Crippen molar-refractivity contribution in [2.75, 3.05) is 13.1 Å². The van der Waals surface area contributed by atoms with Crippen molar-refractivity contribution in [2.24, 2.45) is 4.99 Å². The Bertz CT molecular complexity index is 629. The van der Waals surface area contributed by atoms with Crippen LogP contribution in [0.25, 0.3) is 0 Å². The van der Waals surface area contributed by atoms with Gasteiger partial charge >= 0.3 is 0 Å². The van der Waals surface area contributed by atoms with Crippen molar-refractivity contribution in [1.29, 1.82) is 0 Å². The van der Waals surface area contributed by atoms with Crippen molar-refractivity contribution in [3.8, 4) is 0 Å². The van der Waals surface area contributed by atoms with Gasteiger partial charge in [0, 0.05) is 18.7 Å². The molecule has 22 heavy (non-hydrogen) atoms. The highest BCUT2D eigenvalue weighted by molar-refractivity contribution is 6.33. The highest BCUT2D eigenvalue weighted by Gasteiger charge is 2.16. The summed E-state index contributed by atoms with van der Waals surface area (Å²) in [5.74, 6) is 1.04. The first-order valence-electron chi connectivity index (χ1n) is 7.98. The zero-order valence-corrected chi connectivity index (χ0v) is 13.5. The fraction of sp³-hybridized carbons (Fsp3) is 0.316. The lowest BCUT2D eigenvalue weighted by Crippen LogP contribution is -2.32. The van der Waals surface area contributed by atoms with E-state index in [0.717, 1.165) is 30.2 Å². The third-order valence-corrected chi connectivity index (χ3v) is 4.34. The summed E-state index contributed by atoms with van der Waals surface area (Å²) >= 11 is 6.30. The van der Waals surface area contributed by atoms with Crippen molar-refractivity contribution < 1.29 is 0 Å². The maximum atomic E-state index is 6.30. The van der Waals surface area contributed by atoms with Crippen molar-refractivity contribution in [1.82, 2.24) is 4.90 Å². The Labute approximate surface area is 137 Å². The molecule has 2 aromatic rings. The molecule has 114 valence electrons. The quantitative estimate of drug-likeness (QED) is 0.543. The third kappa shape index (κ3) is 3.69. The predicted molar refractivity (Wildman–Crippen MR) is 94.1 cm³/mol. The second-order valence-electron chi connectivity index (χ2n) is 5.65. The molecule has 2 nitrogen and oxygen atoms in total. The average Bonchev–Trinajstić information content (AvgIpc) is 2.84. The number of nitrogens with zero attached hydrogens (tertiary/aromatic N) is 2. The molecule has 1 fully saturated rings. The summed E-state index contributed by atoms with van der Waals surface area (Å²) < 4.78 is 0. The predicted octanol–water partition coefficient (Wildman–Crippen LogP) is 5.29. The minimum Gasteiger partial charge on any atom is -0.356 e. The molecule has 1 saturated heterocycles. The van der Waals surface area contributed by atoms with Crippen LogP contribution in [0.4, 0.5) is 5.69 Å². The Morgan fingerprint density at radius 2 is 1.45 bits per heavy atom. The van der Waals surface area contributed by atoms with E-state index < -0.39 is 0 Å². The van der Waals surface area contributed by atoms with Crippen LogP contribution in [0.1, 0.15) is 31.2 Å². The van der Waals surface area contributed by atoms with Gasteiger partial charge in [0.15, 0.2) is 0 Å². The van der Waals surface area contributed by atoms with Gasteiger partial charge in [0.2, 0.25) is 0 Å². The average molecular weight is 313 g/mol. The number of aliphatic imine (C=N–C) groups is 1. The van der Waals surface area contributed by atoms with Crippen molar-refractivity contribution in [2.45, 2.75) is 25.7 Å². The minimum atomic E-state index is 0.700. The monoisotopic (exact) mass is 312 g/mol. The summed E-state index contributed by atoms with van der Waals surface area (Å²) in [6.07, 6.45) is 5.08. The highest BCUT2D eigenvalue weighted by atomic mass is 35.5. The summed E-state index contributed by atoms with van der Waals surface area (Å²) in [5.41, 5.74) is 2.00. The van der Waals surface area contributed by atoms with E-state index in [9.17, 15) is 0 Å². The molecule has 0 unspecified atom stereocenters. The first kappa shape index (κ1) is 15.1. The number of rotatable bonds is 2. The van der Waals surface area contributed by atoms with E-state index in [-0.39, 0.29) is 0 Å². The molecule has 0 spiro atoms. The molecule has 0 aliphatic carbocycles. The molecule has 0 aromatic heterocycles. The number of halogens is 1. The Hall–Kier alpha value is -1.80. The summed E-state index contributed by atoms with van der Waals surface area (Å²) in [4.78, 5) is 7.31. The van der Waals surface area contributed by atoms with E-state index >= 15 is 0 Å². The summed E-state index contributed by atoms with van der Waals surface area (Å²) in [6, 6.07) is 18.2. The van der Waals surface area contributed by atoms with Gasteiger partial charge in [-0.3, -0.25) is 0 Å². The van der Waals surface area contributed by atoms with Gasteiger partial charge < -0.3 is 4.90 Å². The van der Waals surface area contributed by atoms with E-state index in [0.29, 0.717) is 5.02 Å². The first-order valence-corrected chi connectivity index (χ1v) is 8.36. The number of hydrogen-bond donors (Lipinski definition) is 0. The van der Waals surface area contributed by atoms with Crippen LogP contribution >= 0.6 is 11.6 Å². The standard InChI is InChI=1S/C19H21ClN2/c20-17-12-6-7-13-18(17)21-19(16-10-4-3-5-11-16)22-14-8-1-2-9-15-22/h3-7,10-13H,1-2,8-9,14-15H2. The Kier molecular flexibility index (Phi) is 5.12. The molecular formula is C19H21ClN2. The SMILES string of the molecule is Clc1ccccc1N=C(c1ccccc1)N1CCCCCC1. The highest BCUT2D eigenvalue weighted by Crippen LogP contribution is 2.26. The summed E-state index contributed by atoms with van der Waals surface area (Å²) in [7, 11) is 0. The lowest BCUT2D eigenvalue weighted by molar-refractivity contribution is 0.436. The zero-order chi connectivity index (χ0) is 15.2. The van der Waals surface area contributed by atoms with Crippen LogP contribution in [0.5, 0.6) is 0 Å². The van der Waals surface area contributed by atoms with Gasteiger partial charge in [-0.2, -0.15) is 0 Å². The summed E-state index contributed by atoms with van der Waals surface area (Å²) in [6.45, 7) is 2.14. The van der Waals surface area contributed by atoms with Gasteiger partial charge in [-0.25, -0.2) is 4.99 Å². The third-order valence-electron chi connectivity index (χ3n) is 4.02. The number of likely N-dealkylation sites (tertiary alicyclic amines) is 1. The number of amidine groups is 1. The Balaban J connectivity index is 2.01. The van der Waals surface area contributed by atoms with Crippen LogP contribution in [0.2, 0.25) is 5.02 Å². The molecule has 0 atom stereocenters. The topological polar surface area (TPSA) is 15.6 Å². The fourth-order valence-electron chi connectivity index (χ4n) is 2.84. The molecule has 0 bridgehead atoms. The lowest BCUT2D eigenvalue weighted by Gasteiger charge is -2.25. The molecule has 1 aliphatic heterocycles. The molecular weight excluding hydrogens is 292 g/mol. The lowest BCUT2D eigenvalue weighted by atomic mass is 10.1. The molecule has 0 radical (unpaired) electrons. The van der Waals surface area contributed by atoms with E-state index in [1.54, 1.807) is 0 Å². The second-order valence-corrected chi connectivity index (χ2v) is 6.06. The molecule has 1 aliphatic rings. The van der Waals surface area contributed by atoms with Gasteiger partial charge in [-0.15, -0.1) is 0 Å². The minimum absolute atomic E-state index is 0.700. The van der Waals surface area contributed by atoms with Crippen LogP contribution in [0.15, 0.2) is 59.6 Å². The molecule has 2 aromatic carbocycles. The number of para-hydroxylation sites is 1. The van der Waals surface area contributed by atoms with Gasteiger partial charge in [0.25, 0.3) is 0 Å². The zero-order valence-electron chi connectivity index (χ0n) is 12.7.